The number of ether oxygens (including phenoxy) is 1. The number of nitrogens with one attached hydrogen (secondary N) is 1. The van der Waals surface area contributed by atoms with Crippen LogP contribution >= 0.6 is 23.1 Å². The molecule has 0 fully saturated rings. The van der Waals surface area contributed by atoms with Crippen molar-refractivity contribution in [2.75, 3.05) is 6.61 Å². The van der Waals surface area contributed by atoms with E-state index < -0.39 is 0 Å². The smallest absolute Gasteiger partial charge is 0.311 e. The van der Waals surface area contributed by atoms with E-state index in [0.29, 0.717) is 12.3 Å². The number of nitrogens with zero attached hydrogens (tertiary/aromatic N) is 1. The molecule has 3 rings (SSSR count). The van der Waals surface area contributed by atoms with Gasteiger partial charge in [-0.25, -0.2) is 4.98 Å². The van der Waals surface area contributed by atoms with E-state index in [1.807, 2.05) is 43.5 Å². The number of hydrogen-bond donors (Lipinski definition) is 1. The minimum atomic E-state index is -0.284. The molecule has 7 heteroatoms. The van der Waals surface area contributed by atoms with Crippen LogP contribution in [-0.4, -0.2) is 33.6 Å². The third-order valence-electron chi connectivity index (χ3n) is 3.95. The van der Waals surface area contributed by atoms with Crippen LogP contribution in [0.5, 0.6) is 0 Å². The summed E-state index contributed by atoms with van der Waals surface area (Å²) in [5.41, 5.74) is 3.27. The summed E-state index contributed by atoms with van der Waals surface area (Å²) in [6, 6.07) is 7.82. The molecule has 26 heavy (non-hydrogen) atoms. The summed E-state index contributed by atoms with van der Waals surface area (Å²) in [6.07, 6.45) is 0.161. The Morgan fingerprint density at radius 1 is 1.35 bits per heavy atom. The quantitative estimate of drug-likeness (QED) is 0.369. The summed E-state index contributed by atoms with van der Waals surface area (Å²) in [5.74, 6) is -0.208. The van der Waals surface area contributed by atoms with Crippen LogP contribution in [0.25, 0.3) is 10.9 Å². The maximum atomic E-state index is 13.0. The molecule has 1 aromatic carbocycles. The monoisotopic (exact) mass is 388 g/mol. The van der Waals surface area contributed by atoms with Crippen molar-refractivity contribution in [1.29, 1.82) is 0 Å². The van der Waals surface area contributed by atoms with Gasteiger partial charge in [0.15, 0.2) is 10.1 Å². The first-order valence-electron chi connectivity index (χ1n) is 8.37. The highest BCUT2D eigenvalue weighted by atomic mass is 32.2. The number of carbonyl (C=O) groups excluding carboxylic acids is 2. The molecule has 0 aliphatic carbocycles. The number of ketones is 1. The Morgan fingerprint density at radius 3 is 2.88 bits per heavy atom. The number of thiazole rings is 1. The second-order valence-corrected chi connectivity index (χ2v) is 8.33. The fourth-order valence-electron chi connectivity index (χ4n) is 2.79. The van der Waals surface area contributed by atoms with E-state index in [2.05, 4.69) is 9.97 Å². The second-order valence-electron chi connectivity index (χ2n) is 5.88. The van der Waals surface area contributed by atoms with Crippen molar-refractivity contribution >= 4 is 45.8 Å². The maximum Gasteiger partial charge on any atom is 0.311 e. The number of esters is 1. The van der Waals surface area contributed by atoms with Gasteiger partial charge in [-0.2, -0.15) is 0 Å². The number of thioether (sulfide) groups is 1. The summed E-state index contributed by atoms with van der Waals surface area (Å²) in [5, 5.41) is 2.52. The van der Waals surface area contributed by atoms with Gasteiger partial charge in [-0.05, 0) is 26.8 Å². The van der Waals surface area contributed by atoms with Gasteiger partial charge in [0.25, 0.3) is 0 Å². The minimum Gasteiger partial charge on any atom is -0.466 e. The molecule has 1 atom stereocenters. The van der Waals surface area contributed by atoms with Gasteiger partial charge in [0, 0.05) is 27.5 Å². The van der Waals surface area contributed by atoms with Crippen molar-refractivity contribution < 1.29 is 14.3 Å². The highest BCUT2D eigenvalue weighted by Crippen LogP contribution is 2.31. The molecule has 0 saturated carbocycles. The molecule has 2 aromatic heterocycles. The first-order chi connectivity index (χ1) is 12.5. The van der Waals surface area contributed by atoms with Crippen molar-refractivity contribution in [3.05, 3.63) is 46.6 Å². The summed E-state index contributed by atoms with van der Waals surface area (Å²) < 4.78 is 5.72. The van der Waals surface area contributed by atoms with Crippen LogP contribution in [0, 0.1) is 6.92 Å². The molecular weight excluding hydrogens is 368 g/mol. The van der Waals surface area contributed by atoms with Crippen LogP contribution in [0.1, 0.15) is 35.6 Å². The fraction of sp³-hybridized carbons (Fsp3) is 0.316. The van der Waals surface area contributed by atoms with E-state index in [4.69, 9.17) is 4.74 Å². The van der Waals surface area contributed by atoms with Crippen molar-refractivity contribution in [3.8, 4) is 0 Å². The third-order valence-corrected chi connectivity index (χ3v) is 6.07. The van der Waals surface area contributed by atoms with E-state index in [9.17, 15) is 9.59 Å². The molecule has 2 heterocycles. The van der Waals surface area contributed by atoms with Gasteiger partial charge >= 0.3 is 5.97 Å². The van der Waals surface area contributed by atoms with Crippen molar-refractivity contribution in [1.82, 2.24) is 9.97 Å². The Hall–Kier alpha value is -2.12. The topological polar surface area (TPSA) is 72.1 Å². The molecule has 0 aliphatic rings. The van der Waals surface area contributed by atoms with Crippen LogP contribution in [-0.2, 0) is 16.0 Å². The fourth-order valence-corrected chi connectivity index (χ4v) is 4.83. The van der Waals surface area contributed by atoms with E-state index in [1.165, 1.54) is 23.1 Å². The number of hydrogen-bond acceptors (Lipinski definition) is 6. The number of Topliss-reactive ketones (excluding diaryl/α,β-unsaturated/α-hetero) is 1. The van der Waals surface area contributed by atoms with E-state index in [-0.39, 0.29) is 23.4 Å². The number of aromatic amines is 1. The van der Waals surface area contributed by atoms with E-state index >= 15 is 0 Å². The number of benzene rings is 1. The van der Waals surface area contributed by atoms with Crippen LogP contribution in [0.2, 0.25) is 0 Å². The summed E-state index contributed by atoms with van der Waals surface area (Å²) in [6.45, 7) is 5.95. The molecule has 136 valence electrons. The van der Waals surface area contributed by atoms with Gasteiger partial charge in [-0.1, -0.05) is 30.0 Å². The number of aryl methyl sites for hydroxylation is 1. The predicted octanol–water partition coefficient (Wildman–Crippen LogP) is 4.40. The number of rotatable bonds is 7. The van der Waals surface area contributed by atoms with Gasteiger partial charge < -0.3 is 9.72 Å². The van der Waals surface area contributed by atoms with E-state index in [0.717, 1.165) is 26.5 Å². The SMILES string of the molecule is CCOC(=O)Cc1csc(S[C@H](C)C(=O)c2c(C)[nH]c3ccccc23)n1. The van der Waals surface area contributed by atoms with Gasteiger partial charge in [-0.3, -0.25) is 9.59 Å². The lowest BCUT2D eigenvalue weighted by atomic mass is 10.1. The molecule has 0 saturated heterocycles. The largest absolute Gasteiger partial charge is 0.466 e. The zero-order chi connectivity index (χ0) is 18.7. The lowest BCUT2D eigenvalue weighted by Crippen LogP contribution is -2.14. The number of H-pyrrole nitrogens is 1. The van der Waals surface area contributed by atoms with Crippen molar-refractivity contribution in [2.24, 2.45) is 0 Å². The Balaban J connectivity index is 1.72. The lowest BCUT2D eigenvalue weighted by Gasteiger charge is -2.08. The average molecular weight is 389 g/mol. The van der Waals surface area contributed by atoms with Gasteiger partial charge in [0.2, 0.25) is 0 Å². The highest BCUT2D eigenvalue weighted by Gasteiger charge is 2.23. The molecule has 1 N–H and O–H groups in total. The molecule has 5 nitrogen and oxygen atoms in total. The maximum absolute atomic E-state index is 13.0. The standard InChI is InChI=1S/C19H20N2O3S2/c1-4-24-16(22)9-13-10-25-19(21-13)26-12(3)18(23)17-11(2)20-15-8-6-5-7-14(15)17/h5-8,10,12,20H,4,9H2,1-3H3/t12-/m1/s1. The first kappa shape index (κ1) is 18.7. The minimum absolute atomic E-state index is 0.0760. The Kier molecular flexibility index (Phi) is 5.78. The van der Waals surface area contributed by atoms with Crippen LogP contribution < -0.4 is 0 Å². The summed E-state index contributed by atoms with van der Waals surface area (Å²) in [4.78, 5) is 32.2. The molecular formula is C19H20N2O3S2. The zero-order valence-electron chi connectivity index (χ0n) is 14.9. The number of aromatic nitrogens is 2. The number of carbonyl (C=O) groups is 2. The van der Waals surface area contributed by atoms with Crippen LogP contribution in [0.4, 0.5) is 0 Å². The molecule has 3 aromatic rings. The molecule has 0 bridgehead atoms. The molecule has 0 unspecified atom stereocenters. The van der Waals surface area contributed by atoms with Crippen molar-refractivity contribution in [3.63, 3.8) is 0 Å². The van der Waals surface area contributed by atoms with Crippen LogP contribution in [0.3, 0.4) is 0 Å². The Labute approximate surface area is 160 Å². The van der Waals surface area contributed by atoms with Gasteiger partial charge in [0.05, 0.1) is 24.0 Å². The number of fused-ring (bicyclic) bond motifs is 1. The molecule has 0 aliphatic heterocycles. The van der Waals surface area contributed by atoms with E-state index in [1.54, 1.807) is 6.92 Å². The second kappa shape index (κ2) is 8.05. The Bertz CT molecular complexity index is 945. The predicted molar refractivity (Wildman–Crippen MR) is 105 cm³/mol. The molecule has 0 spiro atoms. The van der Waals surface area contributed by atoms with Gasteiger partial charge in [0.1, 0.15) is 0 Å². The first-order valence-corrected chi connectivity index (χ1v) is 10.1. The summed E-state index contributed by atoms with van der Waals surface area (Å²) in [7, 11) is 0. The third kappa shape index (κ3) is 3.99. The summed E-state index contributed by atoms with van der Waals surface area (Å²) >= 11 is 2.86. The average Bonchev–Trinajstić information content (AvgIpc) is 3.17. The number of para-hydroxylation sites is 1. The van der Waals surface area contributed by atoms with Gasteiger partial charge in [-0.15, -0.1) is 11.3 Å². The zero-order valence-corrected chi connectivity index (χ0v) is 16.5. The normalized spacial score (nSPS) is 12.3. The highest BCUT2D eigenvalue weighted by molar-refractivity contribution is 8.02. The Morgan fingerprint density at radius 2 is 2.12 bits per heavy atom. The van der Waals surface area contributed by atoms with Crippen molar-refractivity contribution in [2.45, 2.75) is 36.8 Å². The molecule has 0 radical (unpaired) electrons. The lowest BCUT2D eigenvalue weighted by molar-refractivity contribution is -0.142. The molecule has 0 amide bonds. The van der Waals surface area contributed by atoms with Crippen LogP contribution in [0.15, 0.2) is 34.0 Å².